The highest BCUT2D eigenvalue weighted by Gasteiger charge is 2.26. The van der Waals surface area contributed by atoms with E-state index in [4.69, 9.17) is 11.6 Å². The predicted molar refractivity (Wildman–Crippen MR) is 73.5 cm³/mol. The average molecular weight is 268 g/mol. The third-order valence-electron chi connectivity index (χ3n) is 3.71. The van der Waals surface area contributed by atoms with Crippen LogP contribution in [0.1, 0.15) is 36.0 Å². The fourth-order valence-corrected chi connectivity index (χ4v) is 2.79. The van der Waals surface area contributed by atoms with Gasteiger partial charge in [-0.15, -0.1) is 0 Å². The van der Waals surface area contributed by atoms with Crippen LogP contribution in [0.3, 0.4) is 0 Å². The van der Waals surface area contributed by atoms with Gasteiger partial charge in [-0.1, -0.05) is 24.4 Å². The number of aldehydes is 1. The van der Waals surface area contributed by atoms with E-state index in [1.54, 1.807) is 12.1 Å². The van der Waals surface area contributed by atoms with E-state index in [1.165, 1.54) is 0 Å². The molecule has 0 radical (unpaired) electrons. The minimum atomic E-state index is -0.284. The summed E-state index contributed by atoms with van der Waals surface area (Å²) in [5, 5.41) is 10.5. The van der Waals surface area contributed by atoms with Crippen molar-refractivity contribution in [2.75, 3.05) is 11.9 Å². The molecule has 0 heterocycles. The molecular formula is C14H18ClNO2. The summed E-state index contributed by atoms with van der Waals surface area (Å²) in [6.07, 6.45) is 4.55. The molecule has 1 aromatic carbocycles. The Morgan fingerprint density at radius 2 is 2.11 bits per heavy atom. The third-order valence-corrected chi connectivity index (χ3v) is 4.04. The van der Waals surface area contributed by atoms with Gasteiger partial charge in [0.15, 0.2) is 6.29 Å². The lowest BCUT2D eigenvalue weighted by Crippen LogP contribution is -2.43. The van der Waals surface area contributed by atoms with Crippen molar-refractivity contribution in [3.8, 4) is 0 Å². The Morgan fingerprint density at radius 1 is 1.39 bits per heavy atom. The topological polar surface area (TPSA) is 40.5 Å². The van der Waals surface area contributed by atoms with Gasteiger partial charge in [-0.2, -0.15) is 0 Å². The molecule has 4 heteroatoms. The maximum Gasteiger partial charge on any atom is 0.151 e. The van der Waals surface area contributed by atoms with Gasteiger partial charge in [0.2, 0.25) is 0 Å². The molecular weight excluding hydrogens is 250 g/mol. The number of hydrogen-bond acceptors (Lipinski definition) is 3. The third kappa shape index (κ3) is 2.68. The summed E-state index contributed by atoms with van der Waals surface area (Å²) in [5.74, 6) is 0. The summed E-state index contributed by atoms with van der Waals surface area (Å²) in [6, 6.07) is 5.51. The summed E-state index contributed by atoms with van der Waals surface area (Å²) in [6.45, 7) is 0. The van der Waals surface area contributed by atoms with Crippen LogP contribution in [0.5, 0.6) is 0 Å². The molecule has 1 fully saturated rings. The van der Waals surface area contributed by atoms with Crippen molar-refractivity contribution in [3.05, 3.63) is 28.8 Å². The summed E-state index contributed by atoms with van der Waals surface area (Å²) >= 11 is 6.03. The molecule has 1 N–H and O–H groups in total. The van der Waals surface area contributed by atoms with Crippen molar-refractivity contribution in [3.63, 3.8) is 0 Å². The Morgan fingerprint density at radius 3 is 2.72 bits per heavy atom. The molecule has 2 atom stereocenters. The van der Waals surface area contributed by atoms with Crippen molar-refractivity contribution >= 4 is 23.6 Å². The molecule has 0 bridgehead atoms. The van der Waals surface area contributed by atoms with E-state index >= 15 is 0 Å². The lowest BCUT2D eigenvalue weighted by atomic mass is 9.91. The summed E-state index contributed by atoms with van der Waals surface area (Å²) in [4.78, 5) is 12.8. The molecule has 0 saturated heterocycles. The molecule has 1 aliphatic rings. The van der Waals surface area contributed by atoms with Crippen molar-refractivity contribution in [2.45, 2.75) is 37.8 Å². The van der Waals surface area contributed by atoms with Gasteiger partial charge < -0.3 is 10.0 Å². The Kier molecular flexibility index (Phi) is 4.25. The van der Waals surface area contributed by atoms with Gasteiger partial charge in [-0.3, -0.25) is 4.79 Å². The van der Waals surface area contributed by atoms with E-state index in [0.717, 1.165) is 37.7 Å². The van der Waals surface area contributed by atoms with Crippen LogP contribution < -0.4 is 4.90 Å². The van der Waals surface area contributed by atoms with Gasteiger partial charge >= 0.3 is 0 Å². The van der Waals surface area contributed by atoms with E-state index in [1.807, 2.05) is 13.1 Å². The molecule has 2 unspecified atom stereocenters. The fourth-order valence-electron chi connectivity index (χ4n) is 2.57. The zero-order valence-corrected chi connectivity index (χ0v) is 11.2. The maximum atomic E-state index is 10.7. The first-order chi connectivity index (χ1) is 8.63. The van der Waals surface area contributed by atoms with E-state index < -0.39 is 0 Å². The normalized spacial score (nSPS) is 23.7. The Labute approximate surface area is 112 Å². The molecule has 0 spiro atoms. The highest BCUT2D eigenvalue weighted by molar-refractivity contribution is 6.33. The number of aliphatic hydroxyl groups excluding tert-OH is 1. The SMILES string of the molecule is CN(c1ccc(C=O)c(Cl)c1)C1CCCCC1O. The first kappa shape index (κ1) is 13.4. The van der Waals surface area contributed by atoms with Crippen LogP contribution in [0.4, 0.5) is 5.69 Å². The lowest BCUT2D eigenvalue weighted by Gasteiger charge is -2.36. The number of benzene rings is 1. The second kappa shape index (κ2) is 5.72. The highest BCUT2D eigenvalue weighted by atomic mass is 35.5. The highest BCUT2D eigenvalue weighted by Crippen LogP contribution is 2.28. The van der Waals surface area contributed by atoms with Gasteiger partial charge in [0.05, 0.1) is 17.2 Å². The largest absolute Gasteiger partial charge is 0.391 e. The molecule has 18 heavy (non-hydrogen) atoms. The molecule has 1 saturated carbocycles. The van der Waals surface area contributed by atoms with E-state index in [0.29, 0.717) is 10.6 Å². The zero-order valence-electron chi connectivity index (χ0n) is 10.5. The standard InChI is InChI=1S/C14H18ClNO2/c1-16(13-4-2-3-5-14(13)18)11-7-6-10(9-17)12(15)8-11/h6-9,13-14,18H,2-5H2,1H3. The van der Waals surface area contributed by atoms with Crippen molar-refractivity contribution < 1.29 is 9.90 Å². The number of likely N-dealkylation sites (N-methyl/N-ethyl adjacent to an activating group) is 1. The number of aliphatic hydroxyl groups is 1. The second-order valence-corrected chi connectivity index (χ2v) is 5.26. The molecule has 0 aromatic heterocycles. The second-order valence-electron chi connectivity index (χ2n) is 4.85. The Balaban J connectivity index is 2.19. The monoisotopic (exact) mass is 267 g/mol. The fraction of sp³-hybridized carbons (Fsp3) is 0.500. The van der Waals surface area contributed by atoms with Gasteiger partial charge in [0.25, 0.3) is 0 Å². The van der Waals surface area contributed by atoms with Gasteiger partial charge in [-0.05, 0) is 31.0 Å². The number of carbonyl (C=O) groups is 1. The summed E-state index contributed by atoms with van der Waals surface area (Å²) in [5.41, 5.74) is 1.44. The number of rotatable bonds is 3. The van der Waals surface area contributed by atoms with Crippen molar-refractivity contribution in [1.29, 1.82) is 0 Å². The molecule has 1 aromatic rings. The number of halogens is 1. The molecule has 3 nitrogen and oxygen atoms in total. The molecule has 0 amide bonds. The van der Waals surface area contributed by atoms with E-state index in [2.05, 4.69) is 4.90 Å². The number of hydrogen-bond donors (Lipinski definition) is 1. The van der Waals surface area contributed by atoms with Crippen LogP contribution in [0.15, 0.2) is 18.2 Å². The molecule has 1 aliphatic carbocycles. The lowest BCUT2D eigenvalue weighted by molar-refractivity contribution is 0.106. The van der Waals surface area contributed by atoms with Gasteiger partial charge in [0.1, 0.15) is 0 Å². The van der Waals surface area contributed by atoms with Crippen LogP contribution in [0.25, 0.3) is 0 Å². The quantitative estimate of drug-likeness (QED) is 0.856. The van der Waals surface area contributed by atoms with E-state index in [9.17, 15) is 9.90 Å². The van der Waals surface area contributed by atoms with Crippen molar-refractivity contribution in [2.24, 2.45) is 0 Å². The van der Waals surface area contributed by atoms with Crippen LogP contribution in [0.2, 0.25) is 5.02 Å². The van der Waals surface area contributed by atoms with Crippen LogP contribution in [0, 0.1) is 0 Å². The minimum Gasteiger partial charge on any atom is -0.391 e. The number of nitrogens with zero attached hydrogens (tertiary/aromatic N) is 1. The average Bonchev–Trinajstić information content (AvgIpc) is 2.38. The van der Waals surface area contributed by atoms with Gasteiger partial charge in [-0.25, -0.2) is 0 Å². The van der Waals surface area contributed by atoms with Crippen molar-refractivity contribution in [1.82, 2.24) is 0 Å². The number of anilines is 1. The first-order valence-electron chi connectivity index (χ1n) is 6.29. The predicted octanol–water partition coefficient (Wildman–Crippen LogP) is 2.89. The zero-order chi connectivity index (χ0) is 13.1. The van der Waals surface area contributed by atoms with Crippen LogP contribution in [-0.2, 0) is 0 Å². The van der Waals surface area contributed by atoms with Crippen LogP contribution >= 0.6 is 11.6 Å². The summed E-state index contributed by atoms with van der Waals surface area (Å²) in [7, 11) is 1.96. The molecule has 98 valence electrons. The molecule has 0 aliphatic heterocycles. The minimum absolute atomic E-state index is 0.136. The molecule has 2 rings (SSSR count). The number of carbonyl (C=O) groups excluding carboxylic acids is 1. The van der Waals surface area contributed by atoms with E-state index in [-0.39, 0.29) is 12.1 Å². The maximum absolute atomic E-state index is 10.7. The van der Waals surface area contributed by atoms with Gasteiger partial charge in [0, 0.05) is 18.3 Å². The van der Waals surface area contributed by atoms with Crippen LogP contribution in [-0.4, -0.2) is 30.6 Å². The summed E-state index contributed by atoms with van der Waals surface area (Å²) < 4.78 is 0. The Bertz CT molecular complexity index is 436. The first-order valence-corrected chi connectivity index (χ1v) is 6.67. The smallest absolute Gasteiger partial charge is 0.151 e. The Hall–Kier alpha value is -1.06.